The predicted octanol–water partition coefficient (Wildman–Crippen LogP) is 1.50. The summed E-state index contributed by atoms with van der Waals surface area (Å²) in [6.07, 6.45) is 0.546. The fourth-order valence-corrected chi connectivity index (χ4v) is 1.69. The van der Waals surface area contributed by atoms with Crippen LogP contribution in [0.15, 0.2) is 30.3 Å². The molecule has 19 heavy (non-hydrogen) atoms. The topological polar surface area (TPSA) is 78.0 Å². The fraction of sp³-hybridized carbons (Fsp3) is 0.286. The molecule has 0 bridgehead atoms. The first-order valence-corrected chi connectivity index (χ1v) is 6.22. The van der Waals surface area contributed by atoms with Crippen molar-refractivity contribution < 1.29 is 9.90 Å². The standard InChI is InChI=1S/C14H17N3O2/c1-10-3-5-11(6-4-10)12-9-13(17-16-12)14(19)15-7-2-8-18/h3-6,9,18H,2,7-8H2,1H3,(H,15,19)(H,16,17). The number of aryl methyl sites for hydroxylation is 1. The Labute approximate surface area is 111 Å². The molecular weight excluding hydrogens is 242 g/mol. The van der Waals surface area contributed by atoms with Crippen LogP contribution in [0.5, 0.6) is 0 Å². The van der Waals surface area contributed by atoms with Gasteiger partial charge in [0.05, 0.1) is 5.69 Å². The summed E-state index contributed by atoms with van der Waals surface area (Å²) >= 11 is 0. The van der Waals surface area contributed by atoms with Gasteiger partial charge in [0.2, 0.25) is 0 Å². The summed E-state index contributed by atoms with van der Waals surface area (Å²) in [4.78, 5) is 11.8. The van der Waals surface area contributed by atoms with E-state index in [4.69, 9.17) is 5.11 Å². The van der Waals surface area contributed by atoms with Gasteiger partial charge in [-0.05, 0) is 19.4 Å². The lowest BCUT2D eigenvalue weighted by Gasteiger charge is -2.00. The first-order chi connectivity index (χ1) is 9.20. The summed E-state index contributed by atoms with van der Waals surface area (Å²) in [6, 6.07) is 9.67. The number of carbonyl (C=O) groups excluding carboxylic acids is 1. The average Bonchev–Trinajstić information content (AvgIpc) is 2.89. The lowest BCUT2D eigenvalue weighted by atomic mass is 10.1. The van der Waals surface area contributed by atoms with Crippen LogP contribution in [0.4, 0.5) is 0 Å². The van der Waals surface area contributed by atoms with Gasteiger partial charge < -0.3 is 10.4 Å². The number of H-pyrrole nitrogens is 1. The van der Waals surface area contributed by atoms with Crippen LogP contribution in [0, 0.1) is 6.92 Å². The van der Waals surface area contributed by atoms with Crippen molar-refractivity contribution in [2.45, 2.75) is 13.3 Å². The smallest absolute Gasteiger partial charge is 0.269 e. The molecule has 2 rings (SSSR count). The molecule has 100 valence electrons. The Morgan fingerprint density at radius 3 is 2.79 bits per heavy atom. The van der Waals surface area contributed by atoms with Crippen LogP contribution < -0.4 is 5.32 Å². The van der Waals surface area contributed by atoms with Gasteiger partial charge in [0.25, 0.3) is 5.91 Å². The third kappa shape index (κ3) is 3.42. The van der Waals surface area contributed by atoms with E-state index in [0.717, 1.165) is 11.3 Å². The van der Waals surface area contributed by atoms with Crippen LogP contribution in [0.2, 0.25) is 0 Å². The van der Waals surface area contributed by atoms with Crippen molar-refractivity contribution in [2.75, 3.05) is 13.2 Å². The lowest BCUT2D eigenvalue weighted by Crippen LogP contribution is -2.25. The SMILES string of the molecule is Cc1ccc(-c2cc(C(=O)NCCCO)[nH]n2)cc1. The molecule has 0 aliphatic carbocycles. The predicted molar refractivity (Wildman–Crippen MR) is 72.8 cm³/mol. The fourth-order valence-electron chi connectivity index (χ4n) is 1.69. The molecule has 0 saturated carbocycles. The zero-order valence-corrected chi connectivity index (χ0v) is 10.8. The van der Waals surface area contributed by atoms with E-state index in [0.29, 0.717) is 18.7 Å². The lowest BCUT2D eigenvalue weighted by molar-refractivity contribution is 0.0946. The Balaban J connectivity index is 2.06. The second kappa shape index (κ2) is 6.15. The molecule has 0 aliphatic rings. The number of aromatic amines is 1. The molecule has 0 aliphatic heterocycles. The van der Waals surface area contributed by atoms with Gasteiger partial charge in [0, 0.05) is 18.7 Å². The highest BCUT2D eigenvalue weighted by atomic mass is 16.3. The van der Waals surface area contributed by atoms with Gasteiger partial charge in [-0.25, -0.2) is 0 Å². The zero-order chi connectivity index (χ0) is 13.7. The Bertz CT molecular complexity index is 546. The minimum absolute atomic E-state index is 0.0673. The highest BCUT2D eigenvalue weighted by molar-refractivity contribution is 5.93. The molecule has 5 heteroatoms. The molecule has 0 saturated heterocycles. The van der Waals surface area contributed by atoms with Crippen molar-refractivity contribution in [3.05, 3.63) is 41.6 Å². The molecule has 0 unspecified atom stereocenters. The van der Waals surface area contributed by atoms with Gasteiger partial charge >= 0.3 is 0 Å². The van der Waals surface area contributed by atoms with E-state index in [9.17, 15) is 4.79 Å². The summed E-state index contributed by atoms with van der Waals surface area (Å²) in [5.74, 6) is -0.209. The average molecular weight is 259 g/mol. The number of amides is 1. The molecule has 1 aromatic carbocycles. The van der Waals surface area contributed by atoms with Crippen LogP contribution >= 0.6 is 0 Å². The van der Waals surface area contributed by atoms with Crippen molar-refractivity contribution in [3.63, 3.8) is 0 Å². The van der Waals surface area contributed by atoms with Crippen molar-refractivity contribution in [1.82, 2.24) is 15.5 Å². The van der Waals surface area contributed by atoms with Crippen molar-refractivity contribution in [3.8, 4) is 11.3 Å². The monoisotopic (exact) mass is 259 g/mol. The third-order valence-corrected chi connectivity index (χ3v) is 2.79. The summed E-state index contributed by atoms with van der Waals surface area (Å²) < 4.78 is 0. The van der Waals surface area contributed by atoms with Gasteiger partial charge in [-0.3, -0.25) is 9.89 Å². The van der Waals surface area contributed by atoms with Crippen LogP contribution in [-0.4, -0.2) is 34.4 Å². The van der Waals surface area contributed by atoms with Crippen molar-refractivity contribution >= 4 is 5.91 Å². The number of nitrogens with one attached hydrogen (secondary N) is 2. The number of benzene rings is 1. The zero-order valence-electron chi connectivity index (χ0n) is 10.8. The molecule has 0 radical (unpaired) electrons. The maximum atomic E-state index is 11.8. The number of nitrogens with zero attached hydrogens (tertiary/aromatic N) is 1. The highest BCUT2D eigenvalue weighted by Gasteiger charge is 2.10. The Kier molecular flexibility index (Phi) is 4.30. The highest BCUT2D eigenvalue weighted by Crippen LogP contribution is 2.18. The summed E-state index contributed by atoms with van der Waals surface area (Å²) in [5.41, 5.74) is 3.32. The number of aliphatic hydroxyl groups is 1. The summed E-state index contributed by atoms with van der Waals surface area (Å²) in [7, 11) is 0. The molecular formula is C14H17N3O2. The van der Waals surface area contributed by atoms with Crippen LogP contribution in [-0.2, 0) is 0 Å². The van der Waals surface area contributed by atoms with Gasteiger partial charge in [-0.2, -0.15) is 5.10 Å². The van der Waals surface area contributed by atoms with Crippen LogP contribution in [0.1, 0.15) is 22.5 Å². The number of hydrogen-bond donors (Lipinski definition) is 3. The largest absolute Gasteiger partial charge is 0.396 e. The number of aromatic nitrogens is 2. The van der Waals surface area contributed by atoms with Crippen molar-refractivity contribution in [1.29, 1.82) is 0 Å². The van der Waals surface area contributed by atoms with E-state index >= 15 is 0 Å². The first kappa shape index (κ1) is 13.3. The van der Waals surface area contributed by atoms with Gasteiger partial charge in [-0.15, -0.1) is 0 Å². The maximum absolute atomic E-state index is 11.8. The molecule has 0 atom stereocenters. The minimum atomic E-state index is -0.209. The number of carbonyl (C=O) groups is 1. The summed E-state index contributed by atoms with van der Waals surface area (Å²) in [6.45, 7) is 2.54. The van der Waals surface area contributed by atoms with E-state index in [1.807, 2.05) is 31.2 Å². The molecule has 1 aromatic heterocycles. The van der Waals surface area contributed by atoms with E-state index in [1.54, 1.807) is 6.07 Å². The van der Waals surface area contributed by atoms with Gasteiger partial charge in [0.15, 0.2) is 0 Å². The number of hydrogen-bond acceptors (Lipinski definition) is 3. The second-order valence-corrected chi connectivity index (χ2v) is 4.37. The van der Waals surface area contributed by atoms with Crippen LogP contribution in [0.25, 0.3) is 11.3 Å². The minimum Gasteiger partial charge on any atom is -0.396 e. The Morgan fingerprint density at radius 1 is 1.37 bits per heavy atom. The van der Waals surface area contributed by atoms with Crippen LogP contribution in [0.3, 0.4) is 0 Å². The molecule has 0 spiro atoms. The van der Waals surface area contributed by atoms with Crippen molar-refractivity contribution in [2.24, 2.45) is 0 Å². The molecule has 5 nitrogen and oxygen atoms in total. The maximum Gasteiger partial charge on any atom is 0.269 e. The molecule has 3 N–H and O–H groups in total. The molecule has 1 heterocycles. The molecule has 2 aromatic rings. The summed E-state index contributed by atoms with van der Waals surface area (Å²) in [5, 5.41) is 18.2. The van der Waals surface area contributed by atoms with E-state index in [1.165, 1.54) is 5.56 Å². The normalized spacial score (nSPS) is 10.4. The quantitative estimate of drug-likeness (QED) is 0.712. The number of aliphatic hydroxyl groups excluding tert-OH is 1. The van der Waals surface area contributed by atoms with E-state index in [-0.39, 0.29) is 12.5 Å². The van der Waals surface area contributed by atoms with Gasteiger partial charge in [-0.1, -0.05) is 29.8 Å². The second-order valence-electron chi connectivity index (χ2n) is 4.37. The Morgan fingerprint density at radius 2 is 2.11 bits per heavy atom. The first-order valence-electron chi connectivity index (χ1n) is 6.22. The van der Waals surface area contributed by atoms with E-state index < -0.39 is 0 Å². The number of rotatable bonds is 5. The van der Waals surface area contributed by atoms with E-state index in [2.05, 4.69) is 15.5 Å². The molecule has 1 amide bonds. The third-order valence-electron chi connectivity index (χ3n) is 2.79. The Hall–Kier alpha value is -2.14. The van der Waals surface area contributed by atoms with Gasteiger partial charge in [0.1, 0.15) is 5.69 Å². The molecule has 0 fully saturated rings.